The number of carbonyl (C=O) groups excluding carboxylic acids is 1. The molecule has 1 aromatic rings. The average molecular weight is 379 g/mol. The summed E-state index contributed by atoms with van der Waals surface area (Å²) in [6.45, 7) is 0. The maximum Gasteiger partial charge on any atom is 0.513 e. The van der Waals surface area contributed by atoms with Gasteiger partial charge in [0.1, 0.15) is 5.69 Å². The lowest BCUT2D eigenvalue weighted by Gasteiger charge is -2.10. The van der Waals surface area contributed by atoms with Crippen LogP contribution < -0.4 is 10.3 Å². The number of rotatable bonds is 2. The molecule has 0 aromatic carbocycles. The summed E-state index contributed by atoms with van der Waals surface area (Å²) in [6, 6.07) is 0.960. The quantitative estimate of drug-likeness (QED) is 0.487. The molecule has 0 aliphatic rings. The Kier molecular flexibility index (Phi) is 4.31. The van der Waals surface area contributed by atoms with E-state index in [9.17, 15) is 18.4 Å². The molecule has 17 heavy (non-hydrogen) atoms. The molecule has 0 unspecified atom stereocenters. The van der Waals surface area contributed by atoms with Gasteiger partial charge in [-0.25, -0.2) is 4.79 Å². The Hall–Kier alpha value is -0.900. The predicted octanol–water partition coefficient (Wildman–Crippen LogP) is 2.41. The van der Waals surface area contributed by atoms with E-state index in [0.717, 1.165) is 13.2 Å². The first-order valence-electron chi connectivity index (χ1n) is 4.01. The van der Waals surface area contributed by atoms with E-state index in [1.165, 1.54) is 22.6 Å². The van der Waals surface area contributed by atoms with Crippen molar-refractivity contribution in [3.8, 4) is 5.75 Å². The normalized spacial score (nSPS) is 11.1. The van der Waals surface area contributed by atoms with E-state index < -0.39 is 28.5 Å². The van der Waals surface area contributed by atoms with Gasteiger partial charge < -0.3 is 14.5 Å². The molecule has 1 heterocycles. The summed E-state index contributed by atoms with van der Waals surface area (Å²) in [5.41, 5.74) is -1.77. The van der Waals surface area contributed by atoms with Crippen LogP contribution in [0.4, 0.5) is 13.6 Å². The maximum absolute atomic E-state index is 12.8. The van der Waals surface area contributed by atoms with Crippen LogP contribution in [-0.2, 0) is 10.1 Å². The van der Waals surface area contributed by atoms with Gasteiger partial charge in [0.05, 0.1) is 7.11 Å². The second-order valence-electron chi connectivity index (χ2n) is 2.74. The number of nitrogens with one attached hydrogen (secondary N) is 1. The summed E-state index contributed by atoms with van der Waals surface area (Å²) in [7, 11) is 1.04. The van der Waals surface area contributed by atoms with Crippen molar-refractivity contribution in [3.05, 3.63) is 25.7 Å². The van der Waals surface area contributed by atoms with Gasteiger partial charge in [0.15, 0.2) is 0 Å². The Bertz CT molecular complexity index is 499. The second-order valence-corrected chi connectivity index (χ2v) is 4.38. The van der Waals surface area contributed by atoms with Crippen LogP contribution in [0, 0.1) is 3.57 Å². The lowest BCUT2D eigenvalue weighted by molar-refractivity contribution is 0.0884. The molecule has 0 aliphatic heterocycles. The van der Waals surface area contributed by atoms with Crippen molar-refractivity contribution < 1.29 is 23.0 Å². The van der Waals surface area contributed by atoms with E-state index in [0.29, 0.717) is 0 Å². The number of aromatic amines is 1. The fraction of sp³-hybridized carbons (Fsp3) is 0.250. The monoisotopic (exact) mass is 379 g/mol. The molecule has 5 nitrogen and oxygen atoms in total. The number of halogens is 4. The number of ether oxygens (including phenoxy) is 2. The number of aromatic nitrogens is 1. The zero-order chi connectivity index (χ0) is 13.2. The highest BCUT2D eigenvalue weighted by atomic mass is 127. The van der Waals surface area contributed by atoms with Crippen molar-refractivity contribution in [2.45, 2.75) is 5.38 Å². The van der Waals surface area contributed by atoms with Crippen LogP contribution in [0.2, 0.25) is 0 Å². The van der Waals surface area contributed by atoms with Gasteiger partial charge >= 0.3 is 11.5 Å². The van der Waals surface area contributed by atoms with Crippen molar-refractivity contribution in [3.63, 3.8) is 0 Å². The highest BCUT2D eigenvalue weighted by Gasteiger charge is 2.32. The van der Waals surface area contributed by atoms with Crippen LogP contribution in [0.3, 0.4) is 0 Å². The van der Waals surface area contributed by atoms with Gasteiger partial charge in [-0.15, -0.1) is 0 Å². The number of H-pyrrole nitrogens is 1. The van der Waals surface area contributed by atoms with Crippen molar-refractivity contribution in [2.24, 2.45) is 0 Å². The summed E-state index contributed by atoms with van der Waals surface area (Å²) >= 11 is 6.30. The first-order valence-corrected chi connectivity index (χ1v) is 5.47. The summed E-state index contributed by atoms with van der Waals surface area (Å²) in [4.78, 5) is 23.9. The number of hydrogen-bond acceptors (Lipinski definition) is 4. The molecule has 94 valence electrons. The molecular weight excluding hydrogens is 374 g/mol. The highest BCUT2D eigenvalue weighted by molar-refractivity contribution is 14.1. The van der Waals surface area contributed by atoms with E-state index in [2.05, 4.69) is 9.47 Å². The third kappa shape index (κ3) is 3.53. The summed E-state index contributed by atoms with van der Waals surface area (Å²) < 4.78 is 34.2. The van der Waals surface area contributed by atoms with Crippen molar-refractivity contribution in [2.75, 3.05) is 7.11 Å². The molecule has 1 rings (SSSR count). The number of alkyl halides is 3. The van der Waals surface area contributed by atoms with E-state index in [1.54, 1.807) is 0 Å². The van der Waals surface area contributed by atoms with Gasteiger partial charge in [0.2, 0.25) is 5.75 Å². The SMILES string of the molecule is COC(=O)Oc1cc(I)c(C(F)(F)Cl)[nH]c1=O. The first-order chi connectivity index (χ1) is 7.75. The smallest absolute Gasteiger partial charge is 0.437 e. The fourth-order valence-electron chi connectivity index (χ4n) is 0.901. The molecule has 0 saturated carbocycles. The lowest BCUT2D eigenvalue weighted by atomic mass is 10.3. The largest absolute Gasteiger partial charge is 0.513 e. The minimum absolute atomic E-state index is 0.0545. The minimum Gasteiger partial charge on any atom is -0.437 e. The third-order valence-electron chi connectivity index (χ3n) is 1.60. The molecule has 0 radical (unpaired) electrons. The van der Waals surface area contributed by atoms with Crippen LogP contribution in [0.5, 0.6) is 5.75 Å². The van der Waals surface area contributed by atoms with E-state index >= 15 is 0 Å². The fourth-order valence-corrected chi connectivity index (χ4v) is 1.97. The van der Waals surface area contributed by atoms with Gasteiger partial charge in [0, 0.05) is 9.64 Å². The van der Waals surface area contributed by atoms with Crippen molar-refractivity contribution in [1.29, 1.82) is 0 Å². The molecule has 0 saturated heterocycles. The van der Waals surface area contributed by atoms with Gasteiger partial charge in [-0.2, -0.15) is 8.78 Å². The Morgan fingerprint density at radius 3 is 2.65 bits per heavy atom. The Morgan fingerprint density at radius 2 is 2.18 bits per heavy atom. The Labute approximate surface area is 112 Å². The zero-order valence-electron chi connectivity index (χ0n) is 8.22. The molecule has 0 atom stereocenters. The molecule has 9 heteroatoms. The first kappa shape index (κ1) is 14.2. The van der Waals surface area contributed by atoms with Gasteiger partial charge in [-0.1, -0.05) is 0 Å². The molecule has 0 amide bonds. The topological polar surface area (TPSA) is 68.4 Å². The Balaban J connectivity index is 3.19. The van der Waals surface area contributed by atoms with E-state index in [-0.39, 0.29) is 3.57 Å². The zero-order valence-corrected chi connectivity index (χ0v) is 11.1. The van der Waals surface area contributed by atoms with Gasteiger partial charge in [-0.3, -0.25) is 4.79 Å². The maximum atomic E-state index is 12.8. The summed E-state index contributed by atoms with van der Waals surface area (Å²) in [6.07, 6.45) is -1.13. The van der Waals surface area contributed by atoms with Crippen molar-refractivity contribution in [1.82, 2.24) is 4.98 Å². The van der Waals surface area contributed by atoms with Gasteiger partial charge in [0.25, 0.3) is 5.56 Å². The van der Waals surface area contributed by atoms with E-state index in [1.807, 2.05) is 4.98 Å². The van der Waals surface area contributed by atoms with Crippen LogP contribution in [0.1, 0.15) is 5.69 Å². The number of pyridine rings is 1. The number of carbonyl (C=O) groups is 1. The lowest BCUT2D eigenvalue weighted by Crippen LogP contribution is -2.21. The van der Waals surface area contributed by atoms with Crippen LogP contribution in [0.15, 0.2) is 10.9 Å². The number of methoxy groups -OCH3 is 1. The molecule has 0 fully saturated rings. The predicted molar refractivity (Wildman–Crippen MR) is 62.6 cm³/mol. The highest BCUT2D eigenvalue weighted by Crippen LogP contribution is 2.33. The van der Waals surface area contributed by atoms with Gasteiger partial charge in [-0.05, 0) is 34.2 Å². The molecular formula is C8H5ClF2INO4. The Morgan fingerprint density at radius 1 is 1.59 bits per heavy atom. The third-order valence-corrected chi connectivity index (χ3v) is 2.64. The summed E-state index contributed by atoms with van der Waals surface area (Å²) in [5.74, 6) is -0.453. The van der Waals surface area contributed by atoms with Crippen LogP contribution in [-0.4, -0.2) is 18.2 Å². The van der Waals surface area contributed by atoms with Crippen LogP contribution >= 0.6 is 34.2 Å². The average Bonchev–Trinajstić information content (AvgIpc) is 2.21. The molecule has 1 aromatic heterocycles. The summed E-state index contributed by atoms with van der Waals surface area (Å²) in [5, 5.41) is -3.71. The molecule has 0 aliphatic carbocycles. The van der Waals surface area contributed by atoms with Crippen molar-refractivity contribution >= 4 is 40.3 Å². The van der Waals surface area contributed by atoms with E-state index in [4.69, 9.17) is 11.6 Å². The second kappa shape index (κ2) is 5.17. The molecule has 0 spiro atoms. The standard InChI is InChI=1S/C8H5ClF2INO4/c1-16-7(15)17-4-2-3(12)5(8(9,10)11)13-6(4)14/h2H,1H3,(H,13,14). The number of hydrogen-bond donors (Lipinski definition) is 1. The molecule has 0 bridgehead atoms. The van der Waals surface area contributed by atoms with Crippen LogP contribution in [0.25, 0.3) is 0 Å². The minimum atomic E-state index is -3.71. The molecule has 1 N–H and O–H groups in total.